The lowest BCUT2D eigenvalue weighted by Gasteiger charge is -2.06. The van der Waals surface area contributed by atoms with Crippen molar-refractivity contribution in [3.63, 3.8) is 0 Å². The summed E-state index contributed by atoms with van der Waals surface area (Å²) in [5.74, 6) is 0.124. The predicted octanol–water partition coefficient (Wildman–Crippen LogP) is 1.98. The molecule has 0 bridgehead atoms. The van der Waals surface area contributed by atoms with Crippen LogP contribution in [0.5, 0.6) is 0 Å². The Morgan fingerprint density at radius 2 is 2.21 bits per heavy atom. The highest BCUT2D eigenvalue weighted by Crippen LogP contribution is 2.05. The molecule has 0 aromatic heterocycles. The van der Waals surface area contributed by atoms with Crippen LogP contribution < -0.4 is 11.1 Å². The van der Waals surface area contributed by atoms with Gasteiger partial charge in [0.2, 0.25) is 5.91 Å². The van der Waals surface area contributed by atoms with Gasteiger partial charge < -0.3 is 16.3 Å². The Hall–Kier alpha value is -2.04. The molecule has 1 rings (SSSR count). The summed E-state index contributed by atoms with van der Waals surface area (Å²) in [5.41, 5.74) is 7.08. The smallest absolute Gasteiger partial charge is 0.220 e. The molecule has 0 saturated heterocycles. The van der Waals surface area contributed by atoms with Crippen LogP contribution in [0.3, 0.4) is 0 Å². The predicted molar refractivity (Wildman–Crippen MR) is 74.9 cm³/mol. The molecule has 1 amide bonds. The third kappa shape index (κ3) is 5.42. The van der Waals surface area contributed by atoms with E-state index in [-0.39, 0.29) is 11.7 Å². The van der Waals surface area contributed by atoms with Crippen molar-refractivity contribution in [2.24, 2.45) is 10.9 Å². The number of nitrogens with zero attached hydrogens (tertiary/aromatic N) is 1. The monoisotopic (exact) mass is 263 g/mol. The van der Waals surface area contributed by atoms with E-state index >= 15 is 0 Å². The molecule has 0 radical (unpaired) electrons. The maximum atomic E-state index is 11.6. The number of rotatable bonds is 7. The van der Waals surface area contributed by atoms with Crippen LogP contribution in [0.25, 0.3) is 0 Å². The van der Waals surface area contributed by atoms with Crippen LogP contribution in [0, 0.1) is 0 Å². The minimum atomic E-state index is 0.0580. The summed E-state index contributed by atoms with van der Waals surface area (Å²) in [6.07, 6.45) is 3.67. The Morgan fingerprint density at radius 3 is 2.89 bits per heavy atom. The summed E-state index contributed by atoms with van der Waals surface area (Å²) in [5, 5.41) is 14.4. The topological polar surface area (TPSA) is 87.7 Å². The molecule has 5 nitrogen and oxygen atoms in total. The second-order valence-electron chi connectivity index (χ2n) is 4.42. The standard InChI is InChI=1S/C14H21N3O2/c1-2-3-4-8-13(18)16-10-11-6-5-7-12(9-11)14(15)17-19/h5-7,9,19H,2-4,8,10H2,1H3,(H2,15,17)(H,16,18). The summed E-state index contributed by atoms with van der Waals surface area (Å²) >= 11 is 0. The summed E-state index contributed by atoms with van der Waals surface area (Å²) in [4.78, 5) is 11.6. The van der Waals surface area contributed by atoms with Crippen molar-refractivity contribution in [3.8, 4) is 0 Å². The zero-order valence-corrected chi connectivity index (χ0v) is 11.2. The van der Waals surface area contributed by atoms with Crippen molar-refractivity contribution in [2.75, 3.05) is 0 Å². The lowest BCUT2D eigenvalue weighted by atomic mass is 10.1. The average molecular weight is 263 g/mol. The Balaban J connectivity index is 2.47. The Kier molecular flexibility index (Phi) is 6.43. The van der Waals surface area contributed by atoms with Gasteiger partial charge in [-0.3, -0.25) is 4.79 Å². The van der Waals surface area contributed by atoms with Crippen LogP contribution in [-0.2, 0) is 11.3 Å². The van der Waals surface area contributed by atoms with Gasteiger partial charge in [-0.05, 0) is 18.1 Å². The van der Waals surface area contributed by atoms with Gasteiger partial charge in [-0.15, -0.1) is 0 Å². The summed E-state index contributed by atoms with van der Waals surface area (Å²) in [6, 6.07) is 7.25. The van der Waals surface area contributed by atoms with E-state index in [2.05, 4.69) is 17.4 Å². The number of benzene rings is 1. The molecule has 0 aliphatic rings. The van der Waals surface area contributed by atoms with E-state index in [4.69, 9.17) is 10.9 Å². The van der Waals surface area contributed by atoms with Crippen molar-refractivity contribution >= 4 is 11.7 Å². The Morgan fingerprint density at radius 1 is 1.42 bits per heavy atom. The minimum absolute atomic E-state index is 0.0580. The zero-order valence-electron chi connectivity index (χ0n) is 11.2. The average Bonchev–Trinajstić information content (AvgIpc) is 2.45. The van der Waals surface area contributed by atoms with Gasteiger partial charge in [0, 0.05) is 18.5 Å². The fourth-order valence-electron chi connectivity index (χ4n) is 1.72. The highest BCUT2D eigenvalue weighted by Gasteiger charge is 2.03. The van der Waals surface area contributed by atoms with Gasteiger partial charge in [0.1, 0.15) is 0 Å². The zero-order chi connectivity index (χ0) is 14.1. The molecular weight excluding hydrogens is 242 g/mol. The maximum Gasteiger partial charge on any atom is 0.220 e. The first-order valence-corrected chi connectivity index (χ1v) is 6.51. The molecule has 0 fully saturated rings. The number of nitrogens with two attached hydrogens (primary N) is 1. The van der Waals surface area contributed by atoms with Crippen LogP contribution in [-0.4, -0.2) is 17.0 Å². The van der Waals surface area contributed by atoms with Crippen molar-refractivity contribution < 1.29 is 10.0 Å². The van der Waals surface area contributed by atoms with Gasteiger partial charge in [-0.2, -0.15) is 0 Å². The maximum absolute atomic E-state index is 11.6. The van der Waals surface area contributed by atoms with Gasteiger partial charge >= 0.3 is 0 Å². The number of hydrogen-bond acceptors (Lipinski definition) is 3. The molecule has 4 N–H and O–H groups in total. The lowest BCUT2D eigenvalue weighted by molar-refractivity contribution is -0.121. The molecule has 0 spiro atoms. The molecule has 104 valence electrons. The van der Waals surface area contributed by atoms with Crippen LogP contribution >= 0.6 is 0 Å². The van der Waals surface area contributed by atoms with Crippen molar-refractivity contribution in [1.29, 1.82) is 0 Å². The SMILES string of the molecule is CCCCCC(=O)NCc1cccc(C(N)=NO)c1. The van der Waals surface area contributed by atoms with Crippen LogP contribution in [0.15, 0.2) is 29.4 Å². The molecule has 0 atom stereocenters. The molecule has 5 heteroatoms. The number of carbonyl (C=O) groups excluding carboxylic acids is 1. The first kappa shape index (κ1) is 15.0. The molecule has 19 heavy (non-hydrogen) atoms. The summed E-state index contributed by atoms with van der Waals surface area (Å²) in [7, 11) is 0. The van der Waals surface area contributed by atoms with E-state index in [9.17, 15) is 4.79 Å². The Labute approximate surface area is 113 Å². The number of amides is 1. The van der Waals surface area contributed by atoms with Gasteiger partial charge in [0.05, 0.1) is 0 Å². The van der Waals surface area contributed by atoms with Gasteiger partial charge in [-0.1, -0.05) is 43.1 Å². The van der Waals surface area contributed by atoms with Gasteiger partial charge in [-0.25, -0.2) is 0 Å². The lowest BCUT2D eigenvalue weighted by Crippen LogP contribution is -2.22. The molecule has 0 aliphatic carbocycles. The number of unbranched alkanes of at least 4 members (excludes halogenated alkanes) is 2. The first-order chi connectivity index (χ1) is 9.17. The third-order valence-electron chi connectivity index (χ3n) is 2.83. The molecule has 1 aromatic carbocycles. The van der Waals surface area contributed by atoms with E-state index in [0.29, 0.717) is 18.5 Å². The van der Waals surface area contributed by atoms with Gasteiger partial charge in [0.25, 0.3) is 0 Å². The fourth-order valence-corrected chi connectivity index (χ4v) is 1.72. The summed E-state index contributed by atoms with van der Waals surface area (Å²) < 4.78 is 0. The summed E-state index contributed by atoms with van der Waals surface area (Å²) in [6.45, 7) is 2.56. The normalized spacial score (nSPS) is 11.3. The number of amidine groups is 1. The molecule has 1 aromatic rings. The Bertz CT molecular complexity index is 444. The van der Waals surface area contributed by atoms with E-state index in [1.54, 1.807) is 12.1 Å². The molecule has 0 heterocycles. The van der Waals surface area contributed by atoms with E-state index in [0.717, 1.165) is 24.8 Å². The van der Waals surface area contributed by atoms with E-state index in [1.807, 2.05) is 12.1 Å². The molecule has 0 saturated carbocycles. The molecule has 0 aliphatic heterocycles. The number of nitrogens with one attached hydrogen (secondary N) is 1. The van der Waals surface area contributed by atoms with Crippen molar-refractivity contribution in [3.05, 3.63) is 35.4 Å². The van der Waals surface area contributed by atoms with E-state index < -0.39 is 0 Å². The molecular formula is C14H21N3O2. The van der Waals surface area contributed by atoms with Crippen molar-refractivity contribution in [1.82, 2.24) is 5.32 Å². The number of oxime groups is 1. The largest absolute Gasteiger partial charge is 0.409 e. The minimum Gasteiger partial charge on any atom is -0.409 e. The second kappa shape index (κ2) is 8.13. The van der Waals surface area contributed by atoms with Crippen molar-refractivity contribution in [2.45, 2.75) is 39.2 Å². The third-order valence-corrected chi connectivity index (χ3v) is 2.83. The van der Waals surface area contributed by atoms with Crippen LogP contribution in [0.4, 0.5) is 0 Å². The highest BCUT2D eigenvalue weighted by atomic mass is 16.4. The number of hydrogen-bond donors (Lipinski definition) is 3. The van der Waals surface area contributed by atoms with E-state index in [1.165, 1.54) is 0 Å². The van der Waals surface area contributed by atoms with Crippen LogP contribution in [0.1, 0.15) is 43.7 Å². The highest BCUT2D eigenvalue weighted by molar-refractivity contribution is 5.97. The second-order valence-corrected chi connectivity index (χ2v) is 4.42. The quantitative estimate of drug-likeness (QED) is 0.231. The first-order valence-electron chi connectivity index (χ1n) is 6.51. The molecule has 0 unspecified atom stereocenters. The number of carbonyl (C=O) groups is 1. The fraction of sp³-hybridized carbons (Fsp3) is 0.429. The van der Waals surface area contributed by atoms with Crippen LogP contribution in [0.2, 0.25) is 0 Å². The van der Waals surface area contributed by atoms with Gasteiger partial charge in [0.15, 0.2) is 5.84 Å².